The molecule has 28 heavy (non-hydrogen) atoms. The first-order valence-electron chi connectivity index (χ1n) is 9.46. The van der Waals surface area contributed by atoms with E-state index in [1.165, 1.54) is 11.8 Å². The van der Waals surface area contributed by atoms with Crippen molar-refractivity contribution in [2.45, 2.75) is 30.3 Å². The minimum atomic E-state index is -3.18. The summed E-state index contributed by atoms with van der Waals surface area (Å²) >= 11 is 6.08. The van der Waals surface area contributed by atoms with Crippen molar-refractivity contribution in [1.82, 2.24) is 10.2 Å². The Kier molecular flexibility index (Phi) is 6.99. The van der Waals surface area contributed by atoms with E-state index in [4.69, 9.17) is 16.3 Å². The van der Waals surface area contributed by atoms with Gasteiger partial charge in [0, 0.05) is 37.0 Å². The molecule has 2 aromatic rings. The molecular formula is C21H27ClN2O3S. The van der Waals surface area contributed by atoms with E-state index in [-0.39, 0.29) is 6.04 Å². The maximum absolute atomic E-state index is 11.5. The molecule has 1 aliphatic heterocycles. The molecule has 5 nitrogen and oxygen atoms in total. The Bertz CT molecular complexity index is 887. The maximum Gasteiger partial charge on any atom is 0.175 e. The van der Waals surface area contributed by atoms with Crippen molar-refractivity contribution in [2.24, 2.45) is 0 Å². The van der Waals surface area contributed by atoms with Gasteiger partial charge in [-0.05, 0) is 55.3 Å². The summed E-state index contributed by atoms with van der Waals surface area (Å²) in [4.78, 5) is 2.77. The minimum absolute atomic E-state index is 0.227. The Morgan fingerprint density at radius 3 is 2.64 bits per heavy atom. The third kappa shape index (κ3) is 5.95. The van der Waals surface area contributed by atoms with Crippen LogP contribution in [0.4, 0.5) is 0 Å². The fourth-order valence-corrected chi connectivity index (χ4v) is 4.21. The quantitative estimate of drug-likeness (QED) is 0.743. The number of piperazine rings is 1. The van der Waals surface area contributed by atoms with E-state index in [0.717, 1.165) is 31.1 Å². The average Bonchev–Trinajstić information content (AvgIpc) is 2.66. The molecule has 3 rings (SSSR count). The predicted molar refractivity (Wildman–Crippen MR) is 113 cm³/mol. The van der Waals surface area contributed by atoms with Crippen LogP contribution in [0.25, 0.3) is 0 Å². The van der Waals surface area contributed by atoms with E-state index < -0.39 is 9.84 Å². The van der Waals surface area contributed by atoms with Gasteiger partial charge in [0.05, 0.1) is 10.9 Å². The molecule has 0 spiro atoms. The normalized spacial score (nSPS) is 20.8. The van der Waals surface area contributed by atoms with Gasteiger partial charge in [0.1, 0.15) is 12.4 Å². The number of hydrogen-bond acceptors (Lipinski definition) is 5. The number of nitrogens with zero attached hydrogens (tertiary/aromatic N) is 1. The molecule has 7 heteroatoms. The zero-order valence-corrected chi connectivity index (χ0v) is 17.8. The number of nitrogens with one attached hydrogen (secondary N) is 1. The molecule has 0 aromatic heterocycles. The summed E-state index contributed by atoms with van der Waals surface area (Å²) in [7, 11) is -3.18. The van der Waals surface area contributed by atoms with Crippen molar-refractivity contribution in [1.29, 1.82) is 0 Å². The Hall–Kier alpha value is -1.60. The highest BCUT2D eigenvalue weighted by Gasteiger charge is 2.25. The van der Waals surface area contributed by atoms with Gasteiger partial charge in [0.25, 0.3) is 0 Å². The van der Waals surface area contributed by atoms with E-state index in [1.807, 2.05) is 18.2 Å². The van der Waals surface area contributed by atoms with Crippen LogP contribution in [0, 0.1) is 0 Å². The Morgan fingerprint density at radius 2 is 1.96 bits per heavy atom. The summed E-state index contributed by atoms with van der Waals surface area (Å²) in [5.74, 6) is 0.679. The van der Waals surface area contributed by atoms with Crippen molar-refractivity contribution in [2.75, 3.05) is 32.5 Å². The molecule has 1 fully saturated rings. The van der Waals surface area contributed by atoms with Crippen LogP contribution in [0.1, 0.15) is 12.5 Å². The van der Waals surface area contributed by atoms with Crippen molar-refractivity contribution >= 4 is 21.4 Å². The average molecular weight is 423 g/mol. The van der Waals surface area contributed by atoms with Crippen LogP contribution < -0.4 is 10.1 Å². The van der Waals surface area contributed by atoms with Gasteiger partial charge in [-0.25, -0.2) is 8.42 Å². The molecule has 152 valence electrons. The third-order valence-electron chi connectivity index (χ3n) is 5.06. The van der Waals surface area contributed by atoms with Crippen molar-refractivity contribution in [3.8, 4) is 5.75 Å². The van der Waals surface area contributed by atoms with Crippen LogP contribution in [0.3, 0.4) is 0 Å². The van der Waals surface area contributed by atoms with Crippen LogP contribution in [-0.2, 0) is 16.3 Å². The van der Waals surface area contributed by atoms with Crippen molar-refractivity contribution < 1.29 is 13.2 Å². The number of sulfone groups is 1. The van der Waals surface area contributed by atoms with Crippen LogP contribution >= 0.6 is 11.6 Å². The SMILES string of the molecule is C[C@@H]1CN[C@H](COc2ccc(S(C)(=O)=O)cc2)CN1CCc1cccc(Cl)c1. The molecular weight excluding hydrogens is 396 g/mol. The second-order valence-corrected chi connectivity index (χ2v) is 9.84. The second-order valence-electron chi connectivity index (χ2n) is 7.38. The van der Waals surface area contributed by atoms with Crippen LogP contribution in [0.2, 0.25) is 5.02 Å². The molecule has 2 aromatic carbocycles. The number of rotatable bonds is 7. The number of benzene rings is 2. The highest BCUT2D eigenvalue weighted by atomic mass is 35.5. The lowest BCUT2D eigenvalue weighted by molar-refractivity contribution is 0.116. The molecule has 0 saturated carbocycles. The Morgan fingerprint density at radius 1 is 1.21 bits per heavy atom. The Labute approximate surface area is 172 Å². The van der Waals surface area contributed by atoms with Crippen molar-refractivity contribution in [3.05, 3.63) is 59.1 Å². The predicted octanol–water partition coefficient (Wildman–Crippen LogP) is 3.03. The highest BCUT2D eigenvalue weighted by molar-refractivity contribution is 7.90. The molecule has 2 atom stereocenters. The minimum Gasteiger partial charge on any atom is -0.492 e. The lowest BCUT2D eigenvalue weighted by Gasteiger charge is -2.38. The summed E-state index contributed by atoms with van der Waals surface area (Å²) in [6.07, 6.45) is 2.17. The van der Waals surface area contributed by atoms with Gasteiger partial charge in [-0.15, -0.1) is 0 Å². The molecule has 0 bridgehead atoms. The van der Waals surface area contributed by atoms with Crippen LogP contribution in [0.5, 0.6) is 5.75 Å². The van der Waals surface area contributed by atoms with E-state index in [9.17, 15) is 8.42 Å². The molecule has 1 saturated heterocycles. The first kappa shape index (κ1) is 21.1. The lowest BCUT2D eigenvalue weighted by Crippen LogP contribution is -2.57. The monoisotopic (exact) mass is 422 g/mol. The summed E-state index contributed by atoms with van der Waals surface area (Å²) in [6.45, 7) is 5.56. The largest absolute Gasteiger partial charge is 0.492 e. The summed E-state index contributed by atoms with van der Waals surface area (Å²) < 4.78 is 28.9. The van der Waals surface area contributed by atoms with E-state index in [0.29, 0.717) is 23.3 Å². The Balaban J connectivity index is 1.51. The van der Waals surface area contributed by atoms with Gasteiger partial charge in [-0.1, -0.05) is 23.7 Å². The highest BCUT2D eigenvalue weighted by Crippen LogP contribution is 2.17. The topological polar surface area (TPSA) is 58.6 Å². The molecule has 0 amide bonds. The molecule has 0 aliphatic carbocycles. The summed E-state index contributed by atoms with van der Waals surface area (Å²) in [6, 6.07) is 15.3. The number of hydrogen-bond donors (Lipinski definition) is 1. The maximum atomic E-state index is 11.5. The van der Waals surface area contributed by atoms with Gasteiger partial charge in [0.2, 0.25) is 0 Å². The first-order valence-corrected chi connectivity index (χ1v) is 11.7. The fourth-order valence-electron chi connectivity index (χ4n) is 3.36. The number of halogens is 1. The fraction of sp³-hybridized carbons (Fsp3) is 0.429. The van der Waals surface area contributed by atoms with Crippen LogP contribution in [-0.4, -0.2) is 57.9 Å². The van der Waals surface area contributed by atoms with E-state index in [1.54, 1.807) is 24.3 Å². The number of ether oxygens (including phenoxy) is 1. The zero-order valence-electron chi connectivity index (χ0n) is 16.3. The standard InChI is InChI=1S/C21H27ClN2O3S/c1-16-13-23-19(14-24(16)11-10-17-4-3-5-18(22)12-17)15-27-20-6-8-21(9-7-20)28(2,25)26/h3-9,12,16,19,23H,10-11,13-15H2,1-2H3/t16-,19+/m1/s1. The van der Waals surface area contributed by atoms with E-state index in [2.05, 4.69) is 23.2 Å². The molecule has 0 radical (unpaired) electrons. The van der Waals surface area contributed by atoms with Gasteiger partial charge in [-0.2, -0.15) is 0 Å². The smallest absolute Gasteiger partial charge is 0.175 e. The molecule has 1 heterocycles. The first-order chi connectivity index (χ1) is 13.3. The van der Waals surface area contributed by atoms with Crippen LogP contribution in [0.15, 0.2) is 53.4 Å². The van der Waals surface area contributed by atoms with E-state index >= 15 is 0 Å². The third-order valence-corrected chi connectivity index (χ3v) is 6.42. The zero-order chi connectivity index (χ0) is 20.1. The van der Waals surface area contributed by atoms with Gasteiger partial charge < -0.3 is 10.1 Å². The van der Waals surface area contributed by atoms with Crippen molar-refractivity contribution in [3.63, 3.8) is 0 Å². The van der Waals surface area contributed by atoms with Gasteiger partial charge in [-0.3, -0.25) is 4.90 Å². The van der Waals surface area contributed by atoms with Gasteiger partial charge in [0.15, 0.2) is 9.84 Å². The van der Waals surface area contributed by atoms with Gasteiger partial charge >= 0.3 is 0 Å². The second kappa shape index (κ2) is 9.27. The molecule has 1 N–H and O–H groups in total. The molecule has 1 aliphatic rings. The molecule has 0 unspecified atom stereocenters. The lowest BCUT2D eigenvalue weighted by atomic mass is 10.1. The summed E-state index contributed by atoms with van der Waals surface area (Å²) in [5, 5.41) is 4.31. The summed E-state index contributed by atoms with van der Waals surface area (Å²) in [5.41, 5.74) is 1.25.